The van der Waals surface area contributed by atoms with Crippen molar-refractivity contribution >= 4 is 17.2 Å². The van der Waals surface area contributed by atoms with Crippen LogP contribution in [-0.4, -0.2) is 34.9 Å². The largest absolute Gasteiger partial charge is 0.473 e. The van der Waals surface area contributed by atoms with Crippen LogP contribution in [0.15, 0.2) is 54.6 Å². The van der Waals surface area contributed by atoms with E-state index in [0.717, 1.165) is 36.0 Å². The van der Waals surface area contributed by atoms with Crippen molar-refractivity contribution in [1.29, 1.82) is 0 Å². The van der Waals surface area contributed by atoms with Gasteiger partial charge in [0.1, 0.15) is 6.61 Å². The average Bonchev–Trinajstić information content (AvgIpc) is 3.00. The van der Waals surface area contributed by atoms with Crippen LogP contribution in [0.3, 0.4) is 0 Å². The zero-order valence-electron chi connectivity index (χ0n) is 17.0. The van der Waals surface area contributed by atoms with Crippen molar-refractivity contribution in [2.45, 2.75) is 12.6 Å². The number of hydrogen-bond acceptors (Lipinski definition) is 7. The molecule has 0 amide bonds. The first-order valence-electron chi connectivity index (χ1n) is 10.0. The third-order valence-corrected chi connectivity index (χ3v) is 4.76. The first kappa shape index (κ1) is 21.6. The van der Waals surface area contributed by atoms with E-state index >= 15 is 0 Å². The molecule has 0 saturated carbocycles. The molecule has 1 aliphatic heterocycles. The van der Waals surface area contributed by atoms with Crippen LogP contribution < -0.4 is 21.1 Å². The molecule has 10 heteroatoms. The number of benzene rings is 2. The lowest BCUT2D eigenvalue weighted by atomic mass is 10.1. The van der Waals surface area contributed by atoms with Crippen molar-refractivity contribution in [2.24, 2.45) is 5.73 Å². The Balaban J connectivity index is 1.77. The minimum Gasteiger partial charge on any atom is -0.473 e. The molecule has 1 aliphatic rings. The number of para-hydroxylation sites is 1. The van der Waals surface area contributed by atoms with Crippen molar-refractivity contribution in [3.63, 3.8) is 0 Å². The zero-order valence-corrected chi connectivity index (χ0v) is 17.0. The molecule has 0 bridgehead atoms. The highest BCUT2D eigenvalue weighted by Crippen LogP contribution is 2.37. The van der Waals surface area contributed by atoms with Gasteiger partial charge >= 0.3 is 6.18 Å². The monoisotopic (exact) mass is 442 g/mol. The quantitative estimate of drug-likeness (QED) is 0.527. The van der Waals surface area contributed by atoms with E-state index in [1.807, 2.05) is 30.3 Å². The highest BCUT2D eigenvalue weighted by Gasteiger charge is 2.34. The number of anilines is 2. The summed E-state index contributed by atoms with van der Waals surface area (Å²) in [6.07, 6.45) is -1.84. The number of alkyl halides is 3. The molecule has 4 N–H and O–H groups in total. The zero-order chi connectivity index (χ0) is 22.6. The fraction of sp³-hybridized carbons (Fsp3) is 0.227. The van der Waals surface area contributed by atoms with E-state index in [2.05, 4.69) is 25.8 Å². The van der Waals surface area contributed by atoms with Crippen LogP contribution in [-0.2, 0) is 6.18 Å². The second-order valence-electron chi connectivity index (χ2n) is 6.97. The summed E-state index contributed by atoms with van der Waals surface area (Å²) >= 11 is 0. The summed E-state index contributed by atoms with van der Waals surface area (Å²) in [4.78, 5) is 4.36. The molecule has 1 aromatic heterocycles. The summed E-state index contributed by atoms with van der Waals surface area (Å²) in [6, 6.07) is 12.8. The molecule has 0 unspecified atom stereocenters. The van der Waals surface area contributed by atoms with E-state index in [4.69, 9.17) is 10.5 Å². The van der Waals surface area contributed by atoms with Crippen LogP contribution in [0, 0.1) is 0 Å². The van der Waals surface area contributed by atoms with Gasteiger partial charge in [0, 0.05) is 35.6 Å². The fourth-order valence-corrected chi connectivity index (χ4v) is 3.34. The Hall–Kier alpha value is -3.66. The summed E-state index contributed by atoms with van der Waals surface area (Å²) in [6.45, 7) is 1.13. The molecule has 0 aliphatic carbocycles. The van der Waals surface area contributed by atoms with Gasteiger partial charge in [0.25, 0.3) is 5.88 Å². The lowest BCUT2D eigenvalue weighted by Gasteiger charge is -2.16. The van der Waals surface area contributed by atoms with E-state index in [-0.39, 0.29) is 36.2 Å². The van der Waals surface area contributed by atoms with Gasteiger partial charge in [0.15, 0.2) is 11.6 Å². The van der Waals surface area contributed by atoms with Gasteiger partial charge in [0.2, 0.25) is 0 Å². The Bertz CT molecular complexity index is 1130. The Morgan fingerprint density at radius 1 is 1.03 bits per heavy atom. The van der Waals surface area contributed by atoms with Crippen molar-refractivity contribution in [1.82, 2.24) is 15.2 Å². The van der Waals surface area contributed by atoms with Gasteiger partial charge in [-0.2, -0.15) is 13.2 Å². The van der Waals surface area contributed by atoms with Crippen molar-refractivity contribution < 1.29 is 17.9 Å². The molecule has 0 radical (unpaired) electrons. The number of ether oxygens (including phenoxy) is 1. The SMILES string of the molecule is NCCOc1nnc(-c2ccccc2C(F)(F)F)nc1NC1=CCCNc2ccccc21. The topological polar surface area (TPSA) is 98.0 Å². The van der Waals surface area contributed by atoms with Crippen LogP contribution in [0.5, 0.6) is 5.88 Å². The minimum atomic E-state index is -4.56. The molecule has 2 aromatic carbocycles. The van der Waals surface area contributed by atoms with Crippen molar-refractivity contribution in [3.8, 4) is 17.3 Å². The maximum absolute atomic E-state index is 13.5. The van der Waals surface area contributed by atoms with Crippen LogP contribution >= 0.6 is 0 Å². The first-order valence-corrected chi connectivity index (χ1v) is 10.0. The van der Waals surface area contributed by atoms with Gasteiger partial charge < -0.3 is 21.1 Å². The molecule has 7 nitrogen and oxygen atoms in total. The van der Waals surface area contributed by atoms with Crippen LogP contribution in [0.25, 0.3) is 17.1 Å². The van der Waals surface area contributed by atoms with E-state index in [9.17, 15) is 13.2 Å². The first-order chi connectivity index (χ1) is 15.5. The third-order valence-electron chi connectivity index (χ3n) is 4.76. The molecule has 2 heterocycles. The van der Waals surface area contributed by atoms with E-state index < -0.39 is 11.7 Å². The smallest absolute Gasteiger partial charge is 0.417 e. The van der Waals surface area contributed by atoms with Gasteiger partial charge in [-0.15, -0.1) is 10.2 Å². The van der Waals surface area contributed by atoms with Gasteiger partial charge in [-0.25, -0.2) is 4.98 Å². The van der Waals surface area contributed by atoms with Gasteiger partial charge in [-0.05, 0) is 18.6 Å². The highest BCUT2D eigenvalue weighted by atomic mass is 19.4. The number of fused-ring (bicyclic) bond motifs is 1. The highest BCUT2D eigenvalue weighted by molar-refractivity contribution is 5.84. The molecule has 0 saturated heterocycles. The Kier molecular flexibility index (Phi) is 6.22. The minimum absolute atomic E-state index is 0.0549. The molecule has 0 fully saturated rings. The van der Waals surface area contributed by atoms with E-state index in [1.165, 1.54) is 18.2 Å². The van der Waals surface area contributed by atoms with Gasteiger partial charge in [-0.1, -0.05) is 42.5 Å². The normalized spacial score (nSPS) is 13.4. The molecule has 0 spiro atoms. The van der Waals surface area contributed by atoms with Crippen LogP contribution in [0.1, 0.15) is 17.5 Å². The molecule has 3 aromatic rings. The molecule has 4 rings (SSSR count). The maximum atomic E-state index is 13.5. The molecule has 32 heavy (non-hydrogen) atoms. The second kappa shape index (κ2) is 9.23. The number of hydrogen-bond donors (Lipinski definition) is 3. The summed E-state index contributed by atoms with van der Waals surface area (Å²) in [5, 5.41) is 14.4. The summed E-state index contributed by atoms with van der Waals surface area (Å²) < 4.78 is 46.1. The molecular formula is C22H21F3N6O. The van der Waals surface area contributed by atoms with Crippen LogP contribution in [0.4, 0.5) is 24.7 Å². The Morgan fingerprint density at radius 3 is 2.56 bits per heavy atom. The lowest BCUT2D eigenvalue weighted by molar-refractivity contribution is -0.137. The van der Waals surface area contributed by atoms with Gasteiger partial charge in [-0.3, -0.25) is 0 Å². The van der Waals surface area contributed by atoms with Crippen molar-refractivity contribution in [3.05, 3.63) is 65.7 Å². The fourth-order valence-electron chi connectivity index (χ4n) is 3.34. The second-order valence-corrected chi connectivity index (χ2v) is 6.97. The van der Waals surface area contributed by atoms with E-state index in [0.29, 0.717) is 0 Å². The lowest BCUT2D eigenvalue weighted by Crippen LogP contribution is -2.15. The standard InChI is InChI=1S/C22H21F3N6O/c23-22(24,25)16-8-3-1-6-14(16)19-29-20(21(31-30-19)32-13-11-26)28-18-10-5-12-27-17-9-4-2-7-15(17)18/h1-4,6-10,27H,5,11-13,26H2,(H,28,29,30). The summed E-state index contributed by atoms with van der Waals surface area (Å²) in [7, 11) is 0. The number of nitrogens with one attached hydrogen (secondary N) is 2. The van der Waals surface area contributed by atoms with Crippen molar-refractivity contribution in [2.75, 3.05) is 30.3 Å². The number of nitrogens with zero attached hydrogens (tertiary/aromatic N) is 3. The average molecular weight is 442 g/mol. The predicted molar refractivity (Wildman–Crippen MR) is 116 cm³/mol. The molecule has 166 valence electrons. The maximum Gasteiger partial charge on any atom is 0.417 e. The Morgan fingerprint density at radius 2 is 1.78 bits per heavy atom. The summed E-state index contributed by atoms with van der Waals surface area (Å²) in [5.41, 5.74) is 7.07. The number of nitrogens with two attached hydrogens (primary N) is 1. The number of aromatic nitrogens is 3. The molecular weight excluding hydrogens is 421 g/mol. The summed E-state index contributed by atoms with van der Waals surface area (Å²) in [5.74, 6) is 0.0452. The predicted octanol–water partition coefficient (Wildman–Crippen LogP) is 4.16. The van der Waals surface area contributed by atoms with Crippen LogP contribution in [0.2, 0.25) is 0 Å². The van der Waals surface area contributed by atoms with Gasteiger partial charge in [0.05, 0.1) is 5.56 Å². The number of rotatable bonds is 6. The number of halogens is 3. The van der Waals surface area contributed by atoms with E-state index in [1.54, 1.807) is 0 Å². The molecule has 0 atom stereocenters. The third kappa shape index (κ3) is 4.65. The Labute approximate surface area is 182 Å².